The Morgan fingerprint density at radius 2 is 2.18 bits per heavy atom. The zero-order chi connectivity index (χ0) is 12.5. The lowest BCUT2D eigenvalue weighted by molar-refractivity contribution is -0.139. The predicted molar refractivity (Wildman–Crippen MR) is 57.6 cm³/mol. The van der Waals surface area contributed by atoms with E-state index >= 15 is 0 Å². The van der Waals surface area contributed by atoms with E-state index in [9.17, 15) is 13.2 Å². The van der Waals surface area contributed by atoms with E-state index in [0.717, 1.165) is 19.4 Å². The number of alkyl halides is 3. The van der Waals surface area contributed by atoms with Crippen molar-refractivity contribution < 1.29 is 17.9 Å². The molecule has 2 aliphatic heterocycles. The highest BCUT2D eigenvalue weighted by atomic mass is 19.4. The molecule has 2 aliphatic rings. The van der Waals surface area contributed by atoms with Crippen LogP contribution in [0.5, 0.6) is 0 Å². The lowest BCUT2D eigenvalue weighted by Gasteiger charge is -2.37. The maximum absolute atomic E-state index is 12.1. The van der Waals surface area contributed by atoms with Gasteiger partial charge in [0.05, 0.1) is 12.7 Å². The monoisotopic (exact) mass is 252 g/mol. The third-order valence-electron chi connectivity index (χ3n) is 3.65. The van der Waals surface area contributed by atoms with Crippen LogP contribution in [0.3, 0.4) is 0 Å². The zero-order valence-corrected chi connectivity index (χ0v) is 9.75. The number of hydrogen-bond acceptors (Lipinski definition) is 3. The average molecular weight is 252 g/mol. The van der Waals surface area contributed by atoms with Gasteiger partial charge in [0.15, 0.2) is 0 Å². The summed E-state index contributed by atoms with van der Waals surface area (Å²) >= 11 is 0. The minimum absolute atomic E-state index is 0.0489. The van der Waals surface area contributed by atoms with Crippen LogP contribution in [-0.4, -0.2) is 49.0 Å². The van der Waals surface area contributed by atoms with Gasteiger partial charge in [0.2, 0.25) is 0 Å². The van der Waals surface area contributed by atoms with Gasteiger partial charge in [-0.25, -0.2) is 0 Å². The molecule has 0 aliphatic carbocycles. The first-order valence-electron chi connectivity index (χ1n) is 6.14. The molecule has 0 amide bonds. The largest absolute Gasteiger partial charge is 0.389 e. The van der Waals surface area contributed by atoms with Crippen LogP contribution in [0.25, 0.3) is 0 Å². The summed E-state index contributed by atoms with van der Waals surface area (Å²) in [5.41, 5.74) is 5.79. The van der Waals surface area contributed by atoms with Gasteiger partial charge in [0.25, 0.3) is 0 Å². The smallest absolute Gasteiger partial charge is 0.374 e. The van der Waals surface area contributed by atoms with E-state index < -0.39 is 18.6 Å². The van der Waals surface area contributed by atoms with Gasteiger partial charge in [-0.2, -0.15) is 13.2 Å². The van der Waals surface area contributed by atoms with Crippen molar-refractivity contribution in [2.75, 3.05) is 19.7 Å². The Labute approximate surface area is 99.1 Å². The van der Waals surface area contributed by atoms with E-state index in [0.29, 0.717) is 19.2 Å². The first kappa shape index (κ1) is 13.1. The molecule has 2 N–H and O–H groups in total. The summed E-state index contributed by atoms with van der Waals surface area (Å²) < 4.78 is 41.9. The number of morpholine rings is 1. The molecule has 3 unspecified atom stereocenters. The van der Waals surface area contributed by atoms with Crippen molar-refractivity contribution in [3.05, 3.63) is 0 Å². The molecule has 6 heteroatoms. The van der Waals surface area contributed by atoms with E-state index in [-0.39, 0.29) is 12.5 Å². The molecule has 0 saturated carbocycles. The van der Waals surface area contributed by atoms with Crippen LogP contribution in [0.2, 0.25) is 0 Å². The van der Waals surface area contributed by atoms with Gasteiger partial charge in [0.1, 0.15) is 0 Å². The molecule has 0 radical (unpaired) electrons. The summed E-state index contributed by atoms with van der Waals surface area (Å²) in [6.45, 7) is 2.32. The molecule has 0 bridgehead atoms. The second-order valence-electron chi connectivity index (χ2n) is 4.98. The third kappa shape index (κ3) is 3.56. The lowest BCUT2D eigenvalue weighted by Crippen LogP contribution is -2.52. The maximum atomic E-state index is 12.1. The Hall–Kier alpha value is -0.330. The van der Waals surface area contributed by atoms with Gasteiger partial charge in [0, 0.05) is 25.0 Å². The highest BCUT2D eigenvalue weighted by molar-refractivity contribution is 4.89. The second-order valence-corrected chi connectivity index (χ2v) is 4.98. The Bertz CT molecular complexity index is 260. The van der Waals surface area contributed by atoms with Crippen molar-refractivity contribution in [2.45, 2.75) is 50.0 Å². The highest BCUT2D eigenvalue weighted by Crippen LogP contribution is 2.26. The molecule has 17 heavy (non-hydrogen) atoms. The van der Waals surface area contributed by atoms with Gasteiger partial charge in [-0.3, -0.25) is 4.90 Å². The summed E-state index contributed by atoms with van der Waals surface area (Å²) in [5.74, 6) is 0. The summed E-state index contributed by atoms with van der Waals surface area (Å²) in [6, 6.07) is -0.0563. The van der Waals surface area contributed by atoms with E-state index in [1.165, 1.54) is 0 Å². The summed E-state index contributed by atoms with van der Waals surface area (Å²) in [6.07, 6.45) is -2.96. The molecule has 2 heterocycles. The molecule has 2 saturated heterocycles. The summed E-state index contributed by atoms with van der Waals surface area (Å²) in [5, 5.41) is 0. The molecule has 3 nitrogen and oxygen atoms in total. The Morgan fingerprint density at radius 1 is 1.41 bits per heavy atom. The van der Waals surface area contributed by atoms with Crippen molar-refractivity contribution in [3.63, 3.8) is 0 Å². The molecule has 3 atom stereocenters. The fourth-order valence-electron chi connectivity index (χ4n) is 2.62. The molecule has 0 aromatic heterocycles. The van der Waals surface area contributed by atoms with Gasteiger partial charge < -0.3 is 10.5 Å². The van der Waals surface area contributed by atoms with Crippen molar-refractivity contribution in [2.24, 2.45) is 5.73 Å². The standard InChI is InChI=1S/C11H19F3N2O/c12-11(13,14)4-3-9(15)10-6-16-5-1-2-8(16)7-17-10/h8-10H,1-7,15H2. The first-order chi connectivity index (χ1) is 7.96. The molecular weight excluding hydrogens is 233 g/mol. The fraction of sp³-hybridized carbons (Fsp3) is 1.00. The zero-order valence-electron chi connectivity index (χ0n) is 9.75. The number of nitrogens with two attached hydrogens (primary N) is 1. The number of fused-ring (bicyclic) bond motifs is 1. The first-order valence-corrected chi connectivity index (χ1v) is 6.14. The van der Waals surface area contributed by atoms with Crippen molar-refractivity contribution in [3.8, 4) is 0 Å². The SMILES string of the molecule is NC(CCC(F)(F)F)C1CN2CCCC2CO1. The van der Waals surface area contributed by atoms with Crippen LogP contribution >= 0.6 is 0 Å². The molecule has 0 aromatic rings. The van der Waals surface area contributed by atoms with Gasteiger partial charge in [-0.1, -0.05) is 0 Å². The molecule has 0 aromatic carbocycles. The quantitative estimate of drug-likeness (QED) is 0.827. The second kappa shape index (κ2) is 5.12. The van der Waals surface area contributed by atoms with Crippen molar-refractivity contribution in [1.29, 1.82) is 0 Å². The molecule has 2 fully saturated rings. The minimum Gasteiger partial charge on any atom is -0.374 e. The van der Waals surface area contributed by atoms with E-state index in [1.54, 1.807) is 0 Å². The highest BCUT2D eigenvalue weighted by Gasteiger charge is 2.36. The van der Waals surface area contributed by atoms with Crippen LogP contribution < -0.4 is 5.73 Å². The number of halogens is 3. The lowest BCUT2D eigenvalue weighted by atomic mass is 10.0. The summed E-state index contributed by atoms with van der Waals surface area (Å²) in [4.78, 5) is 2.29. The van der Waals surface area contributed by atoms with Crippen LogP contribution in [0.15, 0.2) is 0 Å². The third-order valence-corrected chi connectivity index (χ3v) is 3.65. The Kier molecular flexibility index (Phi) is 3.95. The summed E-state index contributed by atoms with van der Waals surface area (Å²) in [7, 11) is 0. The van der Waals surface area contributed by atoms with E-state index in [4.69, 9.17) is 10.5 Å². The van der Waals surface area contributed by atoms with Crippen molar-refractivity contribution >= 4 is 0 Å². The fourth-order valence-corrected chi connectivity index (χ4v) is 2.62. The van der Waals surface area contributed by atoms with Crippen LogP contribution in [0, 0.1) is 0 Å². The molecule has 100 valence electrons. The van der Waals surface area contributed by atoms with Gasteiger partial charge in [-0.15, -0.1) is 0 Å². The predicted octanol–water partition coefficient (Wildman–Crippen LogP) is 1.52. The van der Waals surface area contributed by atoms with Gasteiger partial charge in [-0.05, 0) is 25.8 Å². The normalized spacial score (nSPS) is 32.5. The van der Waals surface area contributed by atoms with E-state index in [1.807, 2.05) is 0 Å². The van der Waals surface area contributed by atoms with Crippen LogP contribution in [0.4, 0.5) is 13.2 Å². The number of rotatable bonds is 3. The topological polar surface area (TPSA) is 38.5 Å². The van der Waals surface area contributed by atoms with Crippen LogP contribution in [-0.2, 0) is 4.74 Å². The molecular formula is C11H19F3N2O. The van der Waals surface area contributed by atoms with Crippen molar-refractivity contribution in [1.82, 2.24) is 4.90 Å². The molecule has 0 spiro atoms. The number of hydrogen-bond donors (Lipinski definition) is 1. The molecule has 2 rings (SSSR count). The van der Waals surface area contributed by atoms with Crippen LogP contribution in [0.1, 0.15) is 25.7 Å². The average Bonchev–Trinajstić information content (AvgIpc) is 2.71. The Morgan fingerprint density at radius 3 is 2.88 bits per heavy atom. The number of nitrogens with zero attached hydrogens (tertiary/aromatic N) is 1. The number of ether oxygens (including phenoxy) is 1. The van der Waals surface area contributed by atoms with Gasteiger partial charge >= 0.3 is 6.18 Å². The van der Waals surface area contributed by atoms with E-state index in [2.05, 4.69) is 4.90 Å². The Balaban J connectivity index is 1.78. The maximum Gasteiger partial charge on any atom is 0.389 e. The minimum atomic E-state index is -4.12.